The summed E-state index contributed by atoms with van der Waals surface area (Å²) < 4.78 is 5.32. The lowest BCUT2D eigenvalue weighted by molar-refractivity contribution is 0.372. The monoisotopic (exact) mass is 315 g/mol. The van der Waals surface area contributed by atoms with Crippen LogP contribution in [0.5, 0.6) is 0 Å². The molecule has 0 spiro atoms. The van der Waals surface area contributed by atoms with Crippen molar-refractivity contribution in [2.75, 3.05) is 6.54 Å². The molecule has 0 bridgehead atoms. The second-order valence-corrected chi connectivity index (χ2v) is 5.43. The van der Waals surface area contributed by atoms with E-state index in [0.717, 1.165) is 36.4 Å². The number of guanidine groups is 1. The minimum absolute atomic E-state index is 0.398. The fourth-order valence-electron chi connectivity index (χ4n) is 2.39. The quantitative estimate of drug-likeness (QED) is 0.577. The first-order chi connectivity index (χ1) is 11.2. The number of nitrogens with one attached hydrogen (secondary N) is 1. The molecule has 0 aliphatic heterocycles. The Bertz CT molecular complexity index is 604. The van der Waals surface area contributed by atoms with Gasteiger partial charge in [0.25, 0.3) is 0 Å². The Morgan fingerprint density at radius 2 is 2.17 bits per heavy atom. The highest BCUT2D eigenvalue weighted by Crippen LogP contribution is 2.22. The van der Waals surface area contributed by atoms with Crippen molar-refractivity contribution < 1.29 is 4.52 Å². The summed E-state index contributed by atoms with van der Waals surface area (Å²) in [7, 11) is 0. The molecule has 2 rings (SSSR count). The van der Waals surface area contributed by atoms with Gasteiger partial charge in [-0.1, -0.05) is 25.1 Å². The van der Waals surface area contributed by atoms with Gasteiger partial charge in [-0.15, -0.1) is 0 Å². The van der Waals surface area contributed by atoms with Gasteiger partial charge in [-0.3, -0.25) is 4.98 Å². The molecule has 6 heteroatoms. The van der Waals surface area contributed by atoms with Crippen molar-refractivity contribution in [2.45, 2.75) is 45.6 Å². The lowest BCUT2D eigenvalue weighted by atomic mass is 9.99. The van der Waals surface area contributed by atoms with Crippen LogP contribution in [0.15, 0.2) is 40.0 Å². The van der Waals surface area contributed by atoms with Gasteiger partial charge in [0.2, 0.25) is 0 Å². The van der Waals surface area contributed by atoms with E-state index in [1.165, 1.54) is 0 Å². The van der Waals surface area contributed by atoms with Crippen LogP contribution in [0.2, 0.25) is 0 Å². The Morgan fingerprint density at radius 1 is 1.35 bits per heavy atom. The lowest BCUT2D eigenvalue weighted by Gasteiger charge is -2.06. The zero-order chi connectivity index (χ0) is 16.5. The fourth-order valence-corrected chi connectivity index (χ4v) is 2.39. The van der Waals surface area contributed by atoms with E-state index < -0.39 is 0 Å². The Morgan fingerprint density at radius 3 is 2.87 bits per heavy atom. The third-order valence-corrected chi connectivity index (χ3v) is 3.80. The number of hydrogen-bond donors (Lipinski definition) is 2. The number of pyridine rings is 1. The van der Waals surface area contributed by atoms with Crippen LogP contribution in [0.3, 0.4) is 0 Å². The van der Waals surface area contributed by atoms with Crippen molar-refractivity contribution in [3.8, 4) is 0 Å². The molecular weight excluding hydrogens is 290 g/mol. The molecule has 0 amide bonds. The first kappa shape index (κ1) is 17.0. The van der Waals surface area contributed by atoms with Crippen molar-refractivity contribution in [3.05, 3.63) is 47.6 Å². The molecule has 23 heavy (non-hydrogen) atoms. The van der Waals surface area contributed by atoms with Gasteiger partial charge in [0.1, 0.15) is 6.54 Å². The van der Waals surface area contributed by atoms with Gasteiger partial charge in [-0.05, 0) is 25.0 Å². The summed E-state index contributed by atoms with van der Waals surface area (Å²) >= 11 is 0. The molecule has 0 saturated heterocycles. The van der Waals surface area contributed by atoms with Crippen LogP contribution in [-0.2, 0) is 13.0 Å². The Hall–Kier alpha value is -2.37. The molecule has 0 aromatic carbocycles. The summed E-state index contributed by atoms with van der Waals surface area (Å²) in [6, 6.07) is 7.84. The highest BCUT2D eigenvalue weighted by atomic mass is 16.5. The smallest absolute Gasteiger partial charge is 0.189 e. The summed E-state index contributed by atoms with van der Waals surface area (Å²) in [6.07, 6.45) is 4.71. The first-order valence-corrected chi connectivity index (χ1v) is 8.12. The zero-order valence-electron chi connectivity index (χ0n) is 13.8. The van der Waals surface area contributed by atoms with Crippen LogP contribution in [0.1, 0.15) is 49.8 Å². The number of nitrogens with zero attached hydrogens (tertiary/aromatic N) is 3. The topological polar surface area (TPSA) is 89.3 Å². The fraction of sp³-hybridized carbons (Fsp3) is 0.471. The summed E-state index contributed by atoms with van der Waals surface area (Å²) in [6.45, 7) is 5.41. The molecular formula is C17H25N5O. The maximum atomic E-state index is 5.86. The molecule has 0 saturated carbocycles. The number of aliphatic imine (C=N–C) groups is 1. The van der Waals surface area contributed by atoms with E-state index in [-0.39, 0.29) is 0 Å². The number of nitrogens with two attached hydrogens (primary N) is 1. The molecule has 0 atom stereocenters. The Kier molecular flexibility index (Phi) is 6.59. The average Bonchev–Trinajstić information content (AvgIpc) is 3.04. The van der Waals surface area contributed by atoms with Gasteiger partial charge in [0.15, 0.2) is 11.7 Å². The van der Waals surface area contributed by atoms with Gasteiger partial charge in [-0.2, -0.15) is 0 Å². The molecule has 2 aromatic rings. The van der Waals surface area contributed by atoms with Crippen LogP contribution in [0.25, 0.3) is 0 Å². The van der Waals surface area contributed by atoms with Crippen LogP contribution >= 0.6 is 0 Å². The minimum atomic E-state index is 0.398. The zero-order valence-corrected chi connectivity index (χ0v) is 13.8. The van der Waals surface area contributed by atoms with E-state index in [1.54, 1.807) is 6.20 Å². The molecule has 6 nitrogen and oxygen atoms in total. The third kappa shape index (κ3) is 5.39. The summed E-state index contributed by atoms with van der Waals surface area (Å²) in [4.78, 5) is 8.54. The first-order valence-electron chi connectivity index (χ1n) is 8.12. The van der Waals surface area contributed by atoms with Crippen molar-refractivity contribution in [2.24, 2.45) is 10.7 Å². The van der Waals surface area contributed by atoms with E-state index >= 15 is 0 Å². The third-order valence-electron chi connectivity index (χ3n) is 3.80. The standard InChI is InChI=1S/C17H25N5O/c1-3-13(4-2)16-11-15(23-22-16)12-21-17(18)20-10-8-14-7-5-6-9-19-14/h5-7,9,11,13H,3-4,8,10,12H2,1-2H3,(H3,18,20,21). The molecule has 2 aromatic heterocycles. The van der Waals surface area contributed by atoms with Crippen molar-refractivity contribution >= 4 is 5.96 Å². The van der Waals surface area contributed by atoms with E-state index in [1.807, 2.05) is 24.3 Å². The van der Waals surface area contributed by atoms with E-state index in [4.69, 9.17) is 10.3 Å². The van der Waals surface area contributed by atoms with Crippen molar-refractivity contribution in [1.29, 1.82) is 0 Å². The Balaban J connectivity index is 1.78. The van der Waals surface area contributed by atoms with Gasteiger partial charge in [-0.25, -0.2) is 4.99 Å². The molecule has 0 radical (unpaired) electrons. The van der Waals surface area contributed by atoms with E-state index in [2.05, 4.69) is 34.3 Å². The number of aromatic nitrogens is 2. The van der Waals surface area contributed by atoms with Crippen LogP contribution in [0, 0.1) is 0 Å². The molecule has 3 N–H and O–H groups in total. The molecule has 0 unspecified atom stereocenters. The second-order valence-electron chi connectivity index (χ2n) is 5.43. The van der Waals surface area contributed by atoms with Gasteiger partial charge in [0, 0.05) is 36.8 Å². The molecule has 0 fully saturated rings. The van der Waals surface area contributed by atoms with Crippen molar-refractivity contribution in [1.82, 2.24) is 15.5 Å². The van der Waals surface area contributed by atoms with Crippen molar-refractivity contribution in [3.63, 3.8) is 0 Å². The lowest BCUT2D eigenvalue weighted by Crippen LogP contribution is -2.33. The highest BCUT2D eigenvalue weighted by molar-refractivity contribution is 5.77. The highest BCUT2D eigenvalue weighted by Gasteiger charge is 2.12. The van der Waals surface area contributed by atoms with Gasteiger partial charge in [0.05, 0.1) is 5.69 Å². The number of hydrogen-bond acceptors (Lipinski definition) is 4. The number of rotatable bonds is 8. The molecule has 0 aliphatic carbocycles. The van der Waals surface area contributed by atoms with E-state index in [0.29, 0.717) is 25.0 Å². The van der Waals surface area contributed by atoms with Gasteiger partial charge >= 0.3 is 0 Å². The van der Waals surface area contributed by atoms with Gasteiger partial charge < -0.3 is 15.6 Å². The summed E-state index contributed by atoms with van der Waals surface area (Å²) in [5.74, 6) is 1.59. The van der Waals surface area contributed by atoms with Crippen LogP contribution in [0.4, 0.5) is 0 Å². The molecule has 0 aliphatic rings. The largest absolute Gasteiger partial charge is 0.370 e. The van der Waals surface area contributed by atoms with E-state index in [9.17, 15) is 0 Å². The normalized spacial score (nSPS) is 11.9. The second kappa shape index (κ2) is 8.92. The molecule has 124 valence electrons. The summed E-state index contributed by atoms with van der Waals surface area (Å²) in [5, 5.41) is 7.20. The Labute approximate surface area is 137 Å². The SMILES string of the molecule is CCC(CC)c1cc(CN=C(N)NCCc2ccccn2)on1. The minimum Gasteiger partial charge on any atom is -0.370 e. The summed E-state index contributed by atoms with van der Waals surface area (Å²) in [5.41, 5.74) is 7.89. The predicted octanol–water partition coefficient (Wildman–Crippen LogP) is 2.62. The predicted molar refractivity (Wildman–Crippen MR) is 91.1 cm³/mol. The maximum Gasteiger partial charge on any atom is 0.189 e. The van der Waals surface area contributed by atoms with Crippen LogP contribution in [-0.4, -0.2) is 22.6 Å². The average molecular weight is 315 g/mol. The maximum absolute atomic E-state index is 5.86. The molecule has 2 heterocycles. The van der Waals surface area contributed by atoms with Crippen LogP contribution < -0.4 is 11.1 Å².